The third-order valence-corrected chi connectivity index (χ3v) is 5.68. The molecule has 0 aliphatic carbocycles. The summed E-state index contributed by atoms with van der Waals surface area (Å²) < 4.78 is 16.0. The third kappa shape index (κ3) is 20.8. The molecule has 0 rings (SSSR count). The average molecular weight is 397 g/mol. The summed E-state index contributed by atoms with van der Waals surface area (Å²) in [7, 11) is -1.36. The Morgan fingerprint density at radius 3 is 1.16 bits per heavy atom. The molecule has 0 aliphatic rings. The van der Waals surface area contributed by atoms with E-state index in [-0.39, 0.29) is 0 Å². The number of unbranched alkanes of at least 4 members (excludes halogenated alkanes) is 14. The van der Waals surface area contributed by atoms with Gasteiger partial charge in [0.15, 0.2) is 0 Å². The van der Waals surface area contributed by atoms with Crippen LogP contribution >= 0.6 is 20.5 Å². The van der Waals surface area contributed by atoms with Crippen molar-refractivity contribution in [3.05, 3.63) is 0 Å². The molecule has 0 fully saturated rings. The maximum atomic E-state index is 5.60. The van der Waals surface area contributed by atoms with Crippen molar-refractivity contribution in [3.8, 4) is 0 Å². The lowest BCUT2D eigenvalue weighted by atomic mass is 10.1. The van der Waals surface area contributed by atoms with Gasteiger partial charge in [-0.1, -0.05) is 104 Å². The quantitative estimate of drug-likeness (QED) is 0.143. The lowest BCUT2D eigenvalue weighted by Crippen LogP contribution is -1.96. The van der Waals surface area contributed by atoms with Crippen LogP contribution in [-0.2, 0) is 13.1 Å². The van der Waals surface area contributed by atoms with Crippen LogP contribution in [0.25, 0.3) is 0 Å². The molecule has 0 N–H and O–H groups in total. The first kappa shape index (κ1) is 25.6. The molecule has 0 radical (unpaired) electrons. The second-order valence-electron chi connectivity index (χ2n) is 6.91. The van der Waals surface area contributed by atoms with Gasteiger partial charge in [-0.2, -0.15) is 4.08 Å². The van der Waals surface area contributed by atoms with Crippen LogP contribution in [-0.4, -0.2) is 13.2 Å². The summed E-state index contributed by atoms with van der Waals surface area (Å²) in [6.45, 7) is 5.88. The molecular weight excluding hydrogens is 355 g/mol. The number of rotatable bonds is 21. The molecule has 0 atom stereocenters. The number of halogens is 1. The highest BCUT2D eigenvalue weighted by atomic mass is 35.5. The number of hydrogen-bond acceptors (Lipinski definition) is 3. The minimum Gasteiger partial charge on any atom is -0.311 e. The summed E-state index contributed by atoms with van der Waals surface area (Å²) in [6.07, 6.45) is 20.7. The maximum Gasteiger partial charge on any atom is 0.350 e. The monoisotopic (exact) mass is 396 g/mol. The van der Waals surface area contributed by atoms with E-state index >= 15 is 0 Å². The molecule has 0 aromatic carbocycles. The Hall–Kier alpha value is 0.600. The van der Waals surface area contributed by atoms with E-state index in [4.69, 9.17) is 25.0 Å². The molecule has 0 aromatic heterocycles. The van der Waals surface area contributed by atoms with Crippen LogP contribution in [0, 0.1) is 0 Å². The van der Waals surface area contributed by atoms with Crippen molar-refractivity contribution >= 4 is 20.5 Å². The van der Waals surface area contributed by atoms with Crippen molar-refractivity contribution in [1.82, 2.24) is 0 Å². The molecule has 0 unspecified atom stereocenters. The van der Waals surface area contributed by atoms with Gasteiger partial charge in [-0.3, -0.25) is 0 Å². The van der Waals surface area contributed by atoms with Crippen LogP contribution < -0.4 is 0 Å². The molecular formula is C20H42ClO3P. The normalized spacial score (nSPS) is 11.5. The van der Waals surface area contributed by atoms with E-state index in [0.29, 0.717) is 13.2 Å². The Morgan fingerprint density at radius 1 is 0.520 bits per heavy atom. The average Bonchev–Trinajstić information content (AvgIpc) is 2.63. The molecule has 5 heteroatoms. The van der Waals surface area contributed by atoms with Gasteiger partial charge in [-0.05, 0) is 12.8 Å². The third-order valence-electron chi connectivity index (χ3n) is 4.45. The van der Waals surface area contributed by atoms with Crippen molar-refractivity contribution in [2.75, 3.05) is 13.2 Å². The molecule has 0 amide bonds. The van der Waals surface area contributed by atoms with Crippen LogP contribution in [0.5, 0.6) is 0 Å². The lowest BCUT2D eigenvalue weighted by molar-refractivity contribution is 0.202. The minimum atomic E-state index is -1.36. The predicted octanol–water partition coefficient (Wildman–Crippen LogP) is 8.70. The van der Waals surface area contributed by atoms with Crippen LogP contribution in [0.4, 0.5) is 0 Å². The highest BCUT2D eigenvalue weighted by Gasteiger charge is 2.11. The largest absolute Gasteiger partial charge is 0.350 e. The highest BCUT2D eigenvalue weighted by molar-refractivity contribution is 7.42. The fourth-order valence-corrected chi connectivity index (χ4v) is 3.78. The first-order chi connectivity index (χ1) is 12.3. The van der Waals surface area contributed by atoms with Crippen molar-refractivity contribution < 1.29 is 13.1 Å². The minimum absolute atomic E-state index is 0.685. The second kappa shape index (κ2) is 22.6. The Morgan fingerprint density at radius 2 is 0.840 bits per heavy atom. The summed E-state index contributed by atoms with van der Waals surface area (Å²) in [5.41, 5.74) is 0. The van der Waals surface area contributed by atoms with Crippen molar-refractivity contribution in [2.24, 2.45) is 0 Å². The van der Waals surface area contributed by atoms with E-state index in [1.54, 1.807) is 0 Å². The highest BCUT2D eigenvalue weighted by Crippen LogP contribution is 2.41. The van der Waals surface area contributed by atoms with Gasteiger partial charge in [0.2, 0.25) is 0 Å². The zero-order valence-electron chi connectivity index (χ0n) is 16.8. The van der Waals surface area contributed by atoms with Gasteiger partial charge in [0.1, 0.15) is 0 Å². The van der Waals surface area contributed by atoms with Gasteiger partial charge in [0, 0.05) is 0 Å². The van der Waals surface area contributed by atoms with Gasteiger partial charge in [0.05, 0.1) is 25.1 Å². The summed E-state index contributed by atoms with van der Waals surface area (Å²) in [5, 5.41) is 0. The van der Waals surface area contributed by atoms with Crippen molar-refractivity contribution in [2.45, 2.75) is 117 Å². The molecule has 0 saturated heterocycles. The first-order valence-electron chi connectivity index (χ1n) is 10.7. The van der Waals surface area contributed by atoms with E-state index in [1.165, 1.54) is 89.9 Å². The lowest BCUT2D eigenvalue weighted by Gasteiger charge is -2.12. The molecule has 0 bridgehead atoms. The molecule has 152 valence electrons. The van der Waals surface area contributed by atoms with Crippen molar-refractivity contribution in [1.29, 1.82) is 0 Å². The Labute approximate surface area is 163 Å². The molecule has 0 heterocycles. The standard InChI is InChI=1S/C20H42ClO3P/c1-3-5-7-9-11-13-15-17-19-22-25(24-21)23-20-18-16-14-12-10-8-6-4-2/h3-20H2,1-2H3. The SMILES string of the molecule is CCCCCCCCCCOP(OCl)OCCCCCCCCCC. The van der Waals surface area contributed by atoms with Gasteiger partial charge in [-0.15, -0.1) is 0 Å². The fraction of sp³-hybridized carbons (Fsp3) is 1.00. The van der Waals surface area contributed by atoms with Crippen LogP contribution in [0.1, 0.15) is 117 Å². The molecule has 0 aliphatic heterocycles. The van der Waals surface area contributed by atoms with E-state index in [1.807, 2.05) is 0 Å². The van der Waals surface area contributed by atoms with Gasteiger partial charge in [-0.25, -0.2) is 0 Å². The molecule has 0 aromatic rings. The van der Waals surface area contributed by atoms with Crippen molar-refractivity contribution in [3.63, 3.8) is 0 Å². The summed E-state index contributed by atoms with van der Waals surface area (Å²) in [6, 6.07) is 0. The predicted molar refractivity (Wildman–Crippen MR) is 111 cm³/mol. The van der Waals surface area contributed by atoms with Gasteiger partial charge >= 0.3 is 8.60 Å². The van der Waals surface area contributed by atoms with E-state index in [9.17, 15) is 0 Å². The molecule has 3 nitrogen and oxygen atoms in total. The summed E-state index contributed by atoms with van der Waals surface area (Å²) >= 11 is 5.47. The zero-order valence-corrected chi connectivity index (χ0v) is 18.4. The maximum absolute atomic E-state index is 5.60. The van der Waals surface area contributed by atoms with Crippen LogP contribution in [0.2, 0.25) is 0 Å². The smallest absolute Gasteiger partial charge is 0.311 e. The Balaban J connectivity index is 3.28. The van der Waals surface area contributed by atoms with Gasteiger partial charge in [0.25, 0.3) is 0 Å². The Bertz CT molecular complexity index is 223. The molecule has 0 spiro atoms. The van der Waals surface area contributed by atoms with Gasteiger partial charge < -0.3 is 9.05 Å². The first-order valence-corrected chi connectivity index (χ1v) is 12.1. The van der Waals surface area contributed by atoms with E-state index in [0.717, 1.165) is 12.8 Å². The summed E-state index contributed by atoms with van der Waals surface area (Å²) in [5.74, 6) is 0. The fourth-order valence-electron chi connectivity index (χ4n) is 2.83. The molecule has 0 saturated carbocycles. The van der Waals surface area contributed by atoms with Crippen LogP contribution in [0.15, 0.2) is 0 Å². The van der Waals surface area contributed by atoms with E-state index in [2.05, 4.69) is 13.8 Å². The zero-order chi connectivity index (χ0) is 18.4. The number of hydrogen-bond donors (Lipinski definition) is 0. The van der Waals surface area contributed by atoms with Crippen LogP contribution in [0.3, 0.4) is 0 Å². The topological polar surface area (TPSA) is 27.7 Å². The van der Waals surface area contributed by atoms with E-state index < -0.39 is 8.60 Å². The molecule has 25 heavy (non-hydrogen) atoms. The Kier molecular flexibility index (Phi) is 23.2. The summed E-state index contributed by atoms with van der Waals surface area (Å²) in [4.78, 5) is 0. The second-order valence-corrected chi connectivity index (χ2v) is 8.42.